The largest absolute Gasteiger partial charge is 0.378 e. The van der Waals surface area contributed by atoms with Gasteiger partial charge in [0.2, 0.25) is 0 Å². The highest BCUT2D eigenvalue weighted by molar-refractivity contribution is 5.90. The van der Waals surface area contributed by atoms with Gasteiger partial charge in [-0.15, -0.1) is 0 Å². The Hall–Kier alpha value is -3.42. The van der Waals surface area contributed by atoms with Crippen LogP contribution in [0.5, 0.6) is 0 Å². The summed E-state index contributed by atoms with van der Waals surface area (Å²) in [7, 11) is 8.10. The Labute approximate surface area is 292 Å². The van der Waals surface area contributed by atoms with Gasteiger partial charge < -0.3 is 30.2 Å². The van der Waals surface area contributed by atoms with E-state index >= 15 is 0 Å². The molecule has 0 aliphatic heterocycles. The number of amides is 4. The van der Waals surface area contributed by atoms with Crippen LogP contribution in [0.3, 0.4) is 0 Å². The van der Waals surface area contributed by atoms with E-state index in [0.29, 0.717) is 11.8 Å². The van der Waals surface area contributed by atoms with Crippen LogP contribution in [0.2, 0.25) is 0 Å². The summed E-state index contributed by atoms with van der Waals surface area (Å²) >= 11 is 0. The Balaban J connectivity index is 1.68. The Morgan fingerprint density at radius 3 is 1.10 bits per heavy atom. The SMILES string of the molecule is CCCC(CCC)N(C[C@H]1CC[C@@H](CN(C(=O)Nc2ccc(N(C)C)cc2)C(CCC)CCC)CC1)C(=O)Nc1ccc(N(C)C)cc1. The van der Waals surface area contributed by atoms with Crippen LogP contribution in [0.1, 0.15) is 105 Å². The number of rotatable bonds is 18. The van der Waals surface area contributed by atoms with Crippen LogP contribution in [0.4, 0.5) is 32.3 Å². The molecule has 0 spiro atoms. The molecule has 0 unspecified atom stereocenters. The maximum atomic E-state index is 13.8. The van der Waals surface area contributed by atoms with Gasteiger partial charge in [0.25, 0.3) is 0 Å². The highest BCUT2D eigenvalue weighted by atomic mass is 16.2. The molecule has 0 bridgehead atoms. The number of hydrogen-bond acceptors (Lipinski definition) is 4. The van der Waals surface area contributed by atoms with Gasteiger partial charge in [0.15, 0.2) is 0 Å². The molecule has 2 aromatic carbocycles. The zero-order valence-corrected chi connectivity index (χ0v) is 31.4. The Bertz CT molecular complexity index is 1100. The first-order chi connectivity index (χ1) is 23.1. The zero-order valence-electron chi connectivity index (χ0n) is 31.4. The van der Waals surface area contributed by atoms with E-state index in [1.165, 1.54) is 0 Å². The Kier molecular flexibility index (Phi) is 16.4. The average molecular weight is 663 g/mol. The van der Waals surface area contributed by atoms with E-state index in [0.717, 1.165) is 113 Å². The molecule has 8 heteroatoms. The van der Waals surface area contributed by atoms with Crippen molar-refractivity contribution in [1.82, 2.24) is 9.80 Å². The minimum Gasteiger partial charge on any atom is -0.378 e. The third kappa shape index (κ3) is 11.9. The Morgan fingerprint density at radius 2 is 0.854 bits per heavy atom. The van der Waals surface area contributed by atoms with Gasteiger partial charge in [0.1, 0.15) is 0 Å². The third-order valence-electron chi connectivity index (χ3n) is 10.0. The molecule has 8 nitrogen and oxygen atoms in total. The van der Waals surface area contributed by atoms with Gasteiger partial charge >= 0.3 is 12.1 Å². The minimum atomic E-state index is 0.0186. The molecule has 2 aromatic rings. The number of carbonyl (C=O) groups excluding carboxylic acids is 2. The lowest BCUT2D eigenvalue weighted by Crippen LogP contribution is -2.47. The van der Waals surface area contributed by atoms with Gasteiger partial charge in [-0.2, -0.15) is 0 Å². The van der Waals surface area contributed by atoms with E-state index < -0.39 is 0 Å². The molecule has 268 valence electrons. The predicted molar refractivity (Wildman–Crippen MR) is 206 cm³/mol. The number of anilines is 4. The molecular formula is C40H66N6O2. The Morgan fingerprint density at radius 1 is 0.562 bits per heavy atom. The summed E-state index contributed by atoms with van der Waals surface area (Å²) in [6, 6.07) is 16.7. The topological polar surface area (TPSA) is 71.2 Å². The minimum absolute atomic E-state index is 0.0186. The molecule has 1 aliphatic carbocycles. The van der Waals surface area contributed by atoms with Crippen molar-refractivity contribution in [3.05, 3.63) is 48.5 Å². The molecule has 4 amide bonds. The quantitative estimate of drug-likeness (QED) is 0.167. The van der Waals surface area contributed by atoms with E-state index in [-0.39, 0.29) is 24.1 Å². The van der Waals surface area contributed by atoms with Crippen LogP contribution in [-0.2, 0) is 0 Å². The van der Waals surface area contributed by atoms with Crippen molar-refractivity contribution in [3.63, 3.8) is 0 Å². The molecule has 48 heavy (non-hydrogen) atoms. The lowest BCUT2D eigenvalue weighted by Gasteiger charge is -2.39. The highest BCUT2D eigenvalue weighted by Crippen LogP contribution is 2.33. The highest BCUT2D eigenvalue weighted by Gasteiger charge is 2.32. The van der Waals surface area contributed by atoms with Crippen LogP contribution in [0.15, 0.2) is 48.5 Å². The second-order valence-corrected chi connectivity index (χ2v) is 14.4. The van der Waals surface area contributed by atoms with Crippen molar-refractivity contribution >= 4 is 34.8 Å². The smallest absolute Gasteiger partial charge is 0.322 e. The van der Waals surface area contributed by atoms with E-state index in [1.807, 2.05) is 76.7 Å². The molecule has 0 atom stereocenters. The van der Waals surface area contributed by atoms with Gasteiger partial charge in [-0.3, -0.25) is 0 Å². The van der Waals surface area contributed by atoms with Crippen LogP contribution in [0.25, 0.3) is 0 Å². The molecule has 2 N–H and O–H groups in total. The first-order valence-corrected chi connectivity index (χ1v) is 18.8. The van der Waals surface area contributed by atoms with Gasteiger partial charge in [-0.25, -0.2) is 9.59 Å². The fraction of sp³-hybridized carbons (Fsp3) is 0.650. The van der Waals surface area contributed by atoms with Gasteiger partial charge in [-0.05, 0) is 112 Å². The van der Waals surface area contributed by atoms with Gasteiger partial charge in [0, 0.05) is 76.1 Å². The third-order valence-corrected chi connectivity index (χ3v) is 10.0. The summed E-state index contributed by atoms with van der Waals surface area (Å²) in [5.74, 6) is 0.942. The normalized spacial score (nSPS) is 16.1. The first kappa shape index (κ1) is 39.0. The van der Waals surface area contributed by atoms with Crippen molar-refractivity contribution in [2.75, 3.05) is 61.7 Å². The fourth-order valence-electron chi connectivity index (χ4n) is 7.27. The monoisotopic (exact) mass is 663 g/mol. The van der Waals surface area contributed by atoms with Crippen molar-refractivity contribution in [2.45, 2.75) is 117 Å². The number of hydrogen-bond donors (Lipinski definition) is 2. The molecule has 0 saturated heterocycles. The lowest BCUT2D eigenvalue weighted by molar-refractivity contribution is 0.125. The summed E-state index contributed by atoms with van der Waals surface area (Å²) in [4.78, 5) is 36.1. The van der Waals surface area contributed by atoms with E-state index in [2.05, 4.69) is 57.9 Å². The number of benzene rings is 2. The molecule has 3 rings (SSSR count). The second-order valence-electron chi connectivity index (χ2n) is 14.4. The zero-order chi connectivity index (χ0) is 35.1. The van der Waals surface area contributed by atoms with Gasteiger partial charge in [0.05, 0.1) is 0 Å². The maximum absolute atomic E-state index is 13.8. The molecule has 0 radical (unpaired) electrons. The number of carbonyl (C=O) groups is 2. The molecule has 1 saturated carbocycles. The maximum Gasteiger partial charge on any atom is 0.322 e. The van der Waals surface area contributed by atoms with Crippen molar-refractivity contribution in [2.24, 2.45) is 11.8 Å². The van der Waals surface area contributed by atoms with Gasteiger partial charge in [-0.1, -0.05) is 53.4 Å². The first-order valence-electron chi connectivity index (χ1n) is 18.8. The molecule has 0 aromatic heterocycles. The second kappa shape index (κ2) is 20.2. The molecule has 0 heterocycles. The summed E-state index contributed by atoms with van der Waals surface area (Å²) in [5.41, 5.74) is 3.90. The summed E-state index contributed by atoms with van der Waals surface area (Å²) in [6.07, 6.45) is 12.7. The molecule has 1 aliphatic rings. The molecule has 1 fully saturated rings. The fourth-order valence-corrected chi connectivity index (χ4v) is 7.27. The van der Waals surface area contributed by atoms with Crippen LogP contribution in [0, 0.1) is 11.8 Å². The van der Waals surface area contributed by atoms with E-state index in [9.17, 15) is 9.59 Å². The summed E-state index contributed by atoms with van der Waals surface area (Å²) < 4.78 is 0. The van der Waals surface area contributed by atoms with Crippen molar-refractivity contribution in [3.8, 4) is 0 Å². The van der Waals surface area contributed by atoms with E-state index in [1.54, 1.807) is 0 Å². The lowest BCUT2D eigenvalue weighted by atomic mass is 9.81. The predicted octanol–water partition coefficient (Wildman–Crippen LogP) is 9.93. The van der Waals surface area contributed by atoms with Crippen molar-refractivity contribution in [1.29, 1.82) is 0 Å². The van der Waals surface area contributed by atoms with Crippen molar-refractivity contribution < 1.29 is 9.59 Å². The van der Waals surface area contributed by atoms with Crippen LogP contribution in [-0.4, -0.2) is 75.2 Å². The molecular weight excluding hydrogens is 596 g/mol. The standard InChI is InChI=1S/C40H66N6O2/c1-9-13-37(14-10-2)45(39(47)41-33-21-25-35(26-22-33)43(5)6)29-31-17-19-32(20-18-31)30-46(38(15-11-3)16-12-4)40(48)42-34-23-27-36(28-24-34)44(7)8/h21-28,31-32,37-38H,9-20,29-30H2,1-8H3,(H,41,47)(H,42,48)/t31-,32+. The average Bonchev–Trinajstić information content (AvgIpc) is 3.07. The number of nitrogens with one attached hydrogen (secondary N) is 2. The summed E-state index contributed by atoms with van der Waals surface area (Å²) in [5, 5.41) is 6.44. The summed E-state index contributed by atoms with van der Waals surface area (Å²) in [6.45, 7) is 10.5. The van der Waals surface area contributed by atoms with E-state index in [4.69, 9.17) is 0 Å². The number of nitrogens with zero attached hydrogens (tertiary/aromatic N) is 4. The van der Waals surface area contributed by atoms with Crippen LogP contribution >= 0.6 is 0 Å². The van der Waals surface area contributed by atoms with Crippen LogP contribution < -0.4 is 20.4 Å². The number of urea groups is 2.